The Balaban J connectivity index is 2.28. The molecule has 2 rings (SSSR count). The molecule has 0 aliphatic heterocycles. The molecular formula is C14H14FNO4S2. The van der Waals surface area contributed by atoms with E-state index in [2.05, 4.69) is 9.46 Å². The van der Waals surface area contributed by atoms with Gasteiger partial charge in [-0.2, -0.15) is 0 Å². The fourth-order valence-electron chi connectivity index (χ4n) is 1.83. The lowest BCUT2D eigenvalue weighted by Gasteiger charge is -2.16. The zero-order chi connectivity index (χ0) is 16.2. The van der Waals surface area contributed by atoms with E-state index in [1.165, 1.54) is 30.6 Å². The van der Waals surface area contributed by atoms with Crippen molar-refractivity contribution in [3.8, 4) is 0 Å². The van der Waals surface area contributed by atoms with Gasteiger partial charge in [-0.05, 0) is 29.6 Å². The number of esters is 1. The molecule has 5 nitrogen and oxygen atoms in total. The third-order valence-corrected chi connectivity index (χ3v) is 5.34. The van der Waals surface area contributed by atoms with Gasteiger partial charge in [0.1, 0.15) is 5.82 Å². The van der Waals surface area contributed by atoms with Crippen molar-refractivity contribution >= 4 is 27.3 Å². The number of sulfonamides is 1. The minimum atomic E-state index is -3.95. The second kappa shape index (κ2) is 6.99. The maximum atomic E-state index is 13.2. The van der Waals surface area contributed by atoms with Crippen LogP contribution >= 0.6 is 11.3 Å². The van der Waals surface area contributed by atoms with E-state index >= 15 is 0 Å². The molecular weight excluding hydrogens is 329 g/mol. The Labute approximate surface area is 131 Å². The smallest absolute Gasteiger partial charge is 0.307 e. The van der Waals surface area contributed by atoms with Crippen molar-refractivity contribution in [2.45, 2.75) is 17.4 Å². The largest absolute Gasteiger partial charge is 0.469 e. The molecule has 0 bridgehead atoms. The molecule has 0 fully saturated rings. The maximum Gasteiger partial charge on any atom is 0.307 e. The highest BCUT2D eigenvalue weighted by molar-refractivity contribution is 7.89. The lowest BCUT2D eigenvalue weighted by molar-refractivity contribution is -0.141. The minimum absolute atomic E-state index is 0.147. The normalized spacial score (nSPS) is 12.8. The molecule has 1 heterocycles. The molecule has 8 heteroatoms. The summed E-state index contributed by atoms with van der Waals surface area (Å²) in [7, 11) is -2.72. The van der Waals surface area contributed by atoms with Crippen molar-refractivity contribution in [1.82, 2.24) is 4.72 Å². The van der Waals surface area contributed by atoms with Gasteiger partial charge in [-0.15, -0.1) is 11.3 Å². The number of carbonyl (C=O) groups excluding carboxylic acids is 1. The molecule has 0 spiro atoms. The highest BCUT2D eigenvalue weighted by atomic mass is 32.2. The van der Waals surface area contributed by atoms with Gasteiger partial charge in [-0.25, -0.2) is 17.5 Å². The fraction of sp³-hybridized carbons (Fsp3) is 0.214. The molecule has 0 aliphatic carbocycles. The molecule has 22 heavy (non-hydrogen) atoms. The number of halogens is 1. The van der Waals surface area contributed by atoms with Gasteiger partial charge in [0.05, 0.1) is 24.5 Å². The van der Waals surface area contributed by atoms with Crippen LogP contribution in [0.5, 0.6) is 0 Å². The molecule has 1 aromatic heterocycles. The van der Waals surface area contributed by atoms with Crippen LogP contribution in [0.1, 0.15) is 17.3 Å². The van der Waals surface area contributed by atoms with E-state index in [1.807, 2.05) is 0 Å². The van der Waals surface area contributed by atoms with E-state index in [9.17, 15) is 17.6 Å². The van der Waals surface area contributed by atoms with Gasteiger partial charge in [0, 0.05) is 4.88 Å². The summed E-state index contributed by atoms with van der Waals surface area (Å²) in [6.07, 6.45) is -0.147. The molecule has 1 unspecified atom stereocenters. The van der Waals surface area contributed by atoms with E-state index in [-0.39, 0.29) is 11.3 Å². The Morgan fingerprint density at radius 1 is 1.36 bits per heavy atom. The van der Waals surface area contributed by atoms with Gasteiger partial charge in [0.2, 0.25) is 10.0 Å². The van der Waals surface area contributed by atoms with Gasteiger partial charge >= 0.3 is 5.97 Å². The Morgan fingerprint density at radius 2 is 2.14 bits per heavy atom. The molecule has 0 amide bonds. The Hall–Kier alpha value is -1.77. The SMILES string of the molecule is COC(=O)CC(NS(=O)(=O)c1cccc(F)c1)c1cccs1. The lowest BCUT2D eigenvalue weighted by Crippen LogP contribution is -2.30. The zero-order valence-corrected chi connectivity index (χ0v) is 13.3. The highest BCUT2D eigenvalue weighted by Crippen LogP contribution is 2.25. The molecule has 1 N–H and O–H groups in total. The maximum absolute atomic E-state index is 13.2. The van der Waals surface area contributed by atoms with Gasteiger partial charge in [0.15, 0.2) is 0 Å². The second-order valence-corrected chi connectivity index (χ2v) is 7.12. The van der Waals surface area contributed by atoms with Crippen LogP contribution in [0.2, 0.25) is 0 Å². The first-order valence-electron chi connectivity index (χ1n) is 6.30. The summed E-state index contributed by atoms with van der Waals surface area (Å²) in [5.41, 5.74) is 0. The van der Waals surface area contributed by atoms with Crippen molar-refractivity contribution < 1.29 is 22.3 Å². The van der Waals surface area contributed by atoms with Crippen LogP contribution in [0.3, 0.4) is 0 Å². The van der Waals surface area contributed by atoms with Gasteiger partial charge < -0.3 is 4.74 Å². The van der Waals surface area contributed by atoms with Crippen LogP contribution in [0, 0.1) is 5.82 Å². The van der Waals surface area contributed by atoms with Crippen LogP contribution in [0.25, 0.3) is 0 Å². The molecule has 118 valence electrons. The number of ether oxygens (including phenoxy) is 1. The van der Waals surface area contributed by atoms with Crippen LogP contribution in [-0.2, 0) is 19.6 Å². The highest BCUT2D eigenvalue weighted by Gasteiger charge is 2.25. The number of nitrogens with one attached hydrogen (secondary N) is 1. The summed E-state index contributed by atoms with van der Waals surface area (Å²) in [4.78, 5) is 12.0. The Kier molecular flexibility index (Phi) is 5.28. The van der Waals surface area contributed by atoms with Gasteiger partial charge in [0.25, 0.3) is 0 Å². The molecule has 0 radical (unpaired) electrons. The number of thiophene rings is 1. The minimum Gasteiger partial charge on any atom is -0.469 e. The number of hydrogen-bond donors (Lipinski definition) is 1. The standard InChI is InChI=1S/C14H14FNO4S2/c1-20-14(17)9-12(13-6-3-7-21-13)16-22(18,19)11-5-2-4-10(15)8-11/h2-8,12,16H,9H2,1H3. The molecule has 0 saturated heterocycles. The zero-order valence-electron chi connectivity index (χ0n) is 11.7. The van der Waals surface area contributed by atoms with Gasteiger partial charge in [-0.1, -0.05) is 12.1 Å². The average molecular weight is 343 g/mol. The predicted molar refractivity (Wildman–Crippen MR) is 80.4 cm³/mol. The quantitative estimate of drug-likeness (QED) is 0.818. The summed E-state index contributed by atoms with van der Waals surface area (Å²) in [5.74, 6) is -1.19. The van der Waals surface area contributed by atoms with Crippen molar-refractivity contribution in [3.05, 3.63) is 52.5 Å². The number of rotatable bonds is 6. The first-order valence-corrected chi connectivity index (χ1v) is 8.67. The average Bonchev–Trinajstić information content (AvgIpc) is 3.00. The van der Waals surface area contributed by atoms with Crippen molar-refractivity contribution in [3.63, 3.8) is 0 Å². The summed E-state index contributed by atoms with van der Waals surface area (Å²) in [5, 5.41) is 1.77. The molecule has 1 atom stereocenters. The number of benzene rings is 1. The summed E-state index contributed by atoms with van der Waals surface area (Å²) in [6, 6.07) is 7.38. The van der Waals surface area contributed by atoms with Crippen molar-refractivity contribution in [2.75, 3.05) is 7.11 Å². The van der Waals surface area contributed by atoms with Crippen LogP contribution in [0.4, 0.5) is 4.39 Å². The van der Waals surface area contributed by atoms with Crippen LogP contribution in [0.15, 0.2) is 46.7 Å². The van der Waals surface area contributed by atoms with Gasteiger partial charge in [-0.3, -0.25) is 4.79 Å². The van der Waals surface area contributed by atoms with E-state index in [1.54, 1.807) is 17.5 Å². The summed E-state index contributed by atoms with van der Waals surface area (Å²) >= 11 is 1.31. The topological polar surface area (TPSA) is 72.5 Å². The summed E-state index contributed by atoms with van der Waals surface area (Å²) in [6.45, 7) is 0. The van der Waals surface area contributed by atoms with E-state index in [0.29, 0.717) is 4.88 Å². The fourth-order valence-corrected chi connectivity index (χ4v) is 3.93. The third kappa shape index (κ3) is 4.12. The van der Waals surface area contributed by atoms with E-state index in [0.717, 1.165) is 12.1 Å². The Bertz CT molecular complexity index is 744. The monoisotopic (exact) mass is 343 g/mol. The first kappa shape index (κ1) is 16.6. The lowest BCUT2D eigenvalue weighted by atomic mass is 10.2. The molecule has 2 aromatic rings. The second-order valence-electron chi connectivity index (χ2n) is 4.43. The first-order chi connectivity index (χ1) is 10.4. The Morgan fingerprint density at radius 3 is 2.73 bits per heavy atom. The number of hydrogen-bond acceptors (Lipinski definition) is 5. The van der Waals surface area contributed by atoms with Crippen LogP contribution < -0.4 is 4.72 Å². The third-order valence-electron chi connectivity index (χ3n) is 2.89. The molecule has 0 aliphatic rings. The van der Waals surface area contributed by atoms with Crippen molar-refractivity contribution in [1.29, 1.82) is 0 Å². The van der Waals surface area contributed by atoms with Crippen molar-refractivity contribution in [2.24, 2.45) is 0 Å². The molecule has 0 saturated carbocycles. The number of methoxy groups -OCH3 is 1. The van der Waals surface area contributed by atoms with E-state index in [4.69, 9.17) is 0 Å². The number of carbonyl (C=O) groups is 1. The van der Waals surface area contributed by atoms with Crippen LogP contribution in [-0.4, -0.2) is 21.5 Å². The summed E-state index contributed by atoms with van der Waals surface area (Å²) < 4.78 is 44.9. The predicted octanol–water partition coefficient (Wildman–Crippen LogP) is 2.47. The molecule has 1 aromatic carbocycles. The van der Waals surface area contributed by atoms with E-state index < -0.39 is 27.9 Å².